The Balaban J connectivity index is 1.82. The number of likely N-dealkylation sites (N-methyl/N-ethyl adjacent to an activating group) is 1. The van der Waals surface area contributed by atoms with Gasteiger partial charge >= 0.3 is 0 Å². The Bertz CT molecular complexity index is 634. The molecule has 26 heavy (non-hydrogen) atoms. The van der Waals surface area contributed by atoms with Crippen LogP contribution in [-0.2, 0) is 9.59 Å². The Labute approximate surface area is 157 Å². The number of aryl methyl sites for hydroxylation is 3. The fourth-order valence-electron chi connectivity index (χ4n) is 3.89. The maximum Gasteiger partial charge on any atom is 0.238 e. The molecule has 1 aliphatic rings. The second-order valence-electron chi connectivity index (χ2n) is 7.93. The van der Waals surface area contributed by atoms with Crippen molar-refractivity contribution in [3.05, 3.63) is 28.8 Å². The molecule has 1 saturated carbocycles. The SMILES string of the molecule is Cc1cc(C)c(NC(=O)CN(C)CC(=O)N[C@H]2CCCC[C@@H]2C)c(C)c1. The van der Waals surface area contributed by atoms with Crippen LogP contribution in [0.5, 0.6) is 0 Å². The minimum Gasteiger partial charge on any atom is -0.352 e. The van der Waals surface area contributed by atoms with Gasteiger partial charge in [-0.05, 0) is 57.7 Å². The van der Waals surface area contributed by atoms with Gasteiger partial charge in [-0.3, -0.25) is 14.5 Å². The van der Waals surface area contributed by atoms with Crippen molar-refractivity contribution in [2.45, 2.75) is 59.4 Å². The summed E-state index contributed by atoms with van der Waals surface area (Å²) >= 11 is 0. The van der Waals surface area contributed by atoms with E-state index in [0.717, 1.165) is 23.2 Å². The average molecular weight is 360 g/mol. The van der Waals surface area contributed by atoms with E-state index in [2.05, 4.69) is 29.7 Å². The van der Waals surface area contributed by atoms with Gasteiger partial charge in [0.1, 0.15) is 0 Å². The molecule has 0 saturated heterocycles. The van der Waals surface area contributed by atoms with Crippen molar-refractivity contribution in [2.24, 2.45) is 5.92 Å². The Morgan fingerprint density at radius 2 is 1.62 bits per heavy atom. The molecule has 144 valence electrons. The van der Waals surface area contributed by atoms with Gasteiger partial charge in [0.15, 0.2) is 0 Å². The van der Waals surface area contributed by atoms with Gasteiger partial charge in [-0.1, -0.05) is 37.5 Å². The maximum atomic E-state index is 12.4. The second kappa shape index (κ2) is 9.17. The number of hydrogen-bond donors (Lipinski definition) is 2. The van der Waals surface area contributed by atoms with Gasteiger partial charge in [0.25, 0.3) is 0 Å². The molecule has 1 aromatic carbocycles. The van der Waals surface area contributed by atoms with Gasteiger partial charge in [-0.15, -0.1) is 0 Å². The van der Waals surface area contributed by atoms with E-state index in [1.54, 1.807) is 11.9 Å². The van der Waals surface area contributed by atoms with Crippen molar-refractivity contribution in [2.75, 3.05) is 25.5 Å². The summed E-state index contributed by atoms with van der Waals surface area (Å²) < 4.78 is 0. The van der Waals surface area contributed by atoms with E-state index in [9.17, 15) is 9.59 Å². The number of amides is 2. The van der Waals surface area contributed by atoms with E-state index in [1.807, 2.05) is 20.8 Å². The Morgan fingerprint density at radius 1 is 1.04 bits per heavy atom. The molecule has 2 rings (SSSR count). The van der Waals surface area contributed by atoms with Crippen molar-refractivity contribution < 1.29 is 9.59 Å². The predicted molar refractivity (Wildman–Crippen MR) is 106 cm³/mol. The number of carbonyl (C=O) groups is 2. The summed E-state index contributed by atoms with van der Waals surface area (Å²) in [6.07, 6.45) is 4.68. The van der Waals surface area contributed by atoms with Crippen LogP contribution in [0.2, 0.25) is 0 Å². The lowest BCUT2D eigenvalue weighted by Gasteiger charge is -2.30. The van der Waals surface area contributed by atoms with Crippen LogP contribution in [0.3, 0.4) is 0 Å². The number of rotatable bonds is 6. The molecule has 1 aliphatic carbocycles. The van der Waals surface area contributed by atoms with Crippen molar-refractivity contribution in [1.82, 2.24) is 10.2 Å². The van der Waals surface area contributed by atoms with Gasteiger partial charge in [-0.25, -0.2) is 0 Å². The van der Waals surface area contributed by atoms with E-state index >= 15 is 0 Å². The average Bonchev–Trinajstić information content (AvgIpc) is 2.52. The minimum absolute atomic E-state index is 0.00162. The van der Waals surface area contributed by atoms with Crippen molar-refractivity contribution in [3.8, 4) is 0 Å². The van der Waals surface area contributed by atoms with Crippen LogP contribution < -0.4 is 10.6 Å². The number of benzene rings is 1. The molecular formula is C21H33N3O2. The van der Waals surface area contributed by atoms with E-state index in [1.165, 1.54) is 24.8 Å². The number of anilines is 1. The zero-order chi connectivity index (χ0) is 19.3. The van der Waals surface area contributed by atoms with Gasteiger partial charge in [0.2, 0.25) is 11.8 Å². The standard InChI is InChI=1S/C21H33N3O2/c1-14-10-16(3)21(17(4)11-14)23-20(26)13-24(5)12-19(25)22-18-9-7-6-8-15(18)2/h10-11,15,18H,6-9,12-13H2,1-5H3,(H,22,25)(H,23,26)/t15-,18-/m0/s1. The third-order valence-corrected chi connectivity index (χ3v) is 5.23. The lowest BCUT2D eigenvalue weighted by molar-refractivity contribution is -0.124. The molecule has 5 heteroatoms. The lowest BCUT2D eigenvalue weighted by Crippen LogP contribution is -2.46. The number of nitrogens with one attached hydrogen (secondary N) is 2. The Kier molecular flexibility index (Phi) is 7.21. The van der Waals surface area contributed by atoms with E-state index in [-0.39, 0.29) is 30.9 Å². The quantitative estimate of drug-likeness (QED) is 0.820. The molecule has 0 spiro atoms. The largest absolute Gasteiger partial charge is 0.352 e. The molecule has 2 N–H and O–H groups in total. The highest BCUT2D eigenvalue weighted by atomic mass is 16.2. The third-order valence-electron chi connectivity index (χ3n) is 5.23. The van der Waals surface area contributed by atoms with Crippen LogP contribution in [0.4, 0.5) is 5.69 Å². The zero-order valence-corrected chi connectivity index (χ0v) is 16.8. The minimum atomic E-state index is -0.0959. The molecule has 0 unspecified atom stereocenters. The molecule has 0 bridgehead atoms. The van der Waals surface area contributed by atoms with Crippen molar-refractivity contribution in [1.29, 1.82) is 0 Å². The van der Waals surface area contributed by atoms with E-state index < -0.39 is 0 Å². The molecule has 0 radical (unpaired) electrons. The molecule has 5 nitrogen and oxygen atoms in total. The first-order chi connectivity index (χ1) is 12.3. The first-order valence-corrected chi connectivity index (χ1v) is 9.62. The monoisotopic (exact) mass is 359 g/mol. The molecule has 0 aliphatic heterocycles. The fourth-order valence-corrected chi connectivity index (χ4v) is 3.89. The lowest BCUT2D eigenvalue weighted by atomic mass is 9.86. The maximum absolute atomic E-state index is 12.4. The first-order valence-electron chi connectivity index (χ1n) is 9.62. The second-order valence-corrected chi connectivity index (χ2v) is 7.93. The molecule has 2 amide bonds. The molecule has 0 aromatic heterocycles. The first kappa shape index (κ1) is 20.4. The summed E-state index contributed by atoms with van der Waals surface area (Å²) in [6, 6.07) is 4.40. The Hall–Kier alpha value is -1.88. The highest BCUT2D eigenvalue weighted by Gasteiger charge is 2.23. The van der Waals surface area contributed by atoms with E-state index in [0.29, 0.717) is 5.92 Å². The number of carbonyl (C=O) groups excluding carboxylic acids is 2. The summed E-state index contributed by atoms with van der Waals surface area (Å²) in [5.41, 5.74) is 4.17. The molecule has 2 atom stereocenters. The summed E-state index contributed by atoms with van der Waals surface area (Å²) in [7, 11) is 1.80. The molecular weight excluding hydrogens is 326 g/mol. The molecule has 1 aromatic rings. The molecule has 1 fully saturated rings. The topological polar surface area (TPSA) is 61.4 Å². The van der Waals surface area contributed by atoms with Crippen LogP contribution >= 0.6 is 0 Å². The predicted octanol–water partition coefficient (Wildman–Crippen LogP) is 3.18. The smallest absolute Gasteiger partial charge is 0.238 e. The molecule has 0 heterocycles. The highest BCUT2D eigenvalue weighted by Crippen LogP contribution is 2.24. The summed E-state index contributed by atoms with van der Waals surface area (Å²) in [6.45, 7) is 8.68. The van der Waals surface area contributed by atoms with Gasteiger partial charge in [0, 0.05) is 11.7 Å². The zero-order valence-electron chi connectivity index (χ0n) is 16.8. The summed E-state index contributed by atoms with van der Waals surface area (Å²) in [5.74, 6) is 0.442. The van der Waals surface area contributed by atoms with Crippen LogP contribution in [-0.4, -0.2) is 42.9 Å². The third kappa shape index (κ3) is 5.84. The van der Waals surface area contributed by atoms with Crippen LogP contribution in [0.25, 0.3) is 0 Å². The Morgan fingerprint density at radius 3 is 2.23 bits per heavy atom. The summed E-state index contributed by atoms with van der Waals surface area (Å²) in [4.78, 5) is 26.4. The van der Waals surface area contributed by atoms with Crippen LogP contribution in [0.15, 0.2) is 12.1 Å². The normalized spacial score (nSPS) is 20.1. The van der Waals surface area contributed by atoms with Crippen LogP contribution in [0.1, 0.15) is 49.3 Å². The van der Waals surface area contributed by atoms with Crippen molar-refractivity contribution >= 4 is 17.5 Å². The van der Waals surface area contributed by atoms with E-state index in [4.69, 9.17) is 0 Å². The van der Waals surface area contributed by atoms with Gasteiger partial charge < -0.3 is 10.6 Å². The van der Waals surface area contributed by atoms with Gasteiger partial charge in [-0.2, -0.15) is 0 Å². The van der Waals surface area contributed by atoms with Gasteiger partial charge in [0.05, 0.1) is 13.1 Å². The number of hydrogen-bond acceptors (Lipinski definition) is 3. The highest BCUT2D eigenvalue weighted by molar-refractivity contribution is 5.94. The summed E-state index contributed by atoms with van der Waals surface area (Å²) in [5, 5.41) is 6.12. The van der Waals surface area contributed by atoms with Crippen molar-refractivity contribution in [3.63, 3.8) is 0 Å². The number of nitrogens with zero attached hydrogens (tertiary/aromatic N) is 1. The fraction of sp³-hybridized carbons (Fsp3) is 0.619. The van der Waals surface area contributed by atoms with Crippen LogP contribution in [0, 0.1) is 26.7 Å².